The predicted octanol–water partition coefficient (Wildman–Crippen LogP) is 3.36. The summed E-state index contributed by atoms with van der Waals surface area (Å²) in [5.74, 6) is 0. The van der Waals surface area contributed by atoms with Crippen LogP contribution in [0.4, 0.5) is 0 Å². The molecule has 0 spiro atoms. The minimum absolute atomic E-state index is 0.746. The summed E-state index contributed by atoms with van der Waals surface area (Å²) in [6.07, 6.45) is 8.07. The van der Waals surface area contributed by atoms with Crippen molar-refractivity contribution in [1.82, 2.24) is 10.2 Å². The topological polar surface area (TPSA) is 15.3 Å². The number of nitrogens with zero attached hydrogens (tertiary/aromatic N) is 1. The Kier molecular flexibility index (Phi) is 4.74. The van der Waals surface area contributed by atoms with E-state index in [0.29, 0.717) is 0 Å². The van der Waals surface area contributed by atoms with Gasteiger partial charge < -0.3 is 5.32 Å². The molecule has 1 saturated carbocycles. The van der Waals surface area contributed by atoms with Crippen LogP contribution < -0.4 is 5.32 Å². The molecule has 1 aliphatic heterocycles. The molecule has 2 fully saturated rings. The Balaban J connectivity index is 1.56. The monoisotopic (exact) mass is 272 g/mol. The Hall–Kier alpha value is -0.860. The zero-order chi connectivity index (χ0) is 13.8. The molecule has 1 aliphatic carbocycles. The van der Waals surface area contributed by atoms with Gasteiger partial charge in [0.25, 0.3) is 0 Å². The van der Waals surface area contributed by atoms with E-state index in [9.17, 15) is 0 Å². The molecule has 1 aromatic carbocycles. The van der Waals surface area contributed by atoms with Crippen molar-refractivity contribution in [2.24, 2.45) is 0 Å². The van der Waals surface area contributed by atoms with Crippen LogP contribution in [-0.2, 0) is 13.0 Å². The van der Waals surface area contributed by atoms with Gasteiger partial charge in [-0.05, 0) is 49.8 Å². The average Bonchev–Trinajstić information content (AvgIpc) is 3.31. The molecule has 1 aromatic rings. The first-order chi connectivity index (χ1) is 9.85. The normalized spacial score (nSPS) is 23.9. The van der Waals surface area contributed by atoms with Crippen molar-refractivity contribution in [3.63, 3.8) is 0 Å². The van der Waals surface area contributed by atoms with Gasteiger partial charge in [-0.1, -0.05) is 37.6 Å². The maximum absolute atomic E-state index is 3.72. The first kappa shape index (κ1) is 14.1. The highest BCUT2D eigenvalue weighted by Crippen LogP contribution is 2.22. The van der Waals surface area contributed by atoms with Crippen molar-refractivity contribution in [3.8, 4) is 0 Å². The third-order valence-corrected chi connectivity index (χ3v) is 4.79. The molecule has 1 heterocycles. The summed E-state index contributed by atoms with van der Waals surface area (Å²) in [5.41, 5.74) is 2.92. The van der Waals surface area contributed by atoms with Crippen LogP contribution in [-0.4, -0.2) is 30.1 Å². The van der Waals surface area contributed by atoms with Crippen LogP contribution in [0.1, 0.15) is 50.2 Å². The van der Waals surface area contributed by atoms with Crippen LogP contribution in [0.15, 0.2) is 24.3 Å². The van der Waals surface area contributed by atoms with E-state index in [0.717, 1.165) is 25.0 Å². The lowest BCUT2D eigenvalue weighted by atomic mass is 10.0. The molecule has 2 nitrogen and oxygen atoms in total. The minimum Gasteiger partial charge on any atom is -0.312 e. The van der Waals surface area contributed by atoms with Gasteiger partial charge in [0.1, 0.15) is 0 Å². The van der Waals surface area contributed by atoms with E-state index in [4.69, 9.17) is 0 Å². The van der Waals surface area contributed by atoms with Crippen molar-refractivity contribution in [2.45, 2.75) is 64.1 Å². The molecule has 0 bridgehead atoms. The van der Waals surface area contributed by atoms with Crippen LogP contribution >= 0.6 is 0 Å². The standard InChI is InChI=1S/C18H28N2/c1-2-15-6-8-16(9-7-15)14-20-12-4-3-5-18(20)13-19-17-10-11-17/h6-9,17-19H,2-5,10-14H2,1H3. The largest absolute Gasteiger partial charge is 0.312 e. The van der Waals surface area contributed by atoms with Crippen molar-refractivity contribution >= 4 is 0 Å². The zero-order valence-electron chi connectivity index (χ0n) is 12.8. The highest BCUT2D eigenvalue weighted by molar-refractivity contribution is 5.22. The third kappa shape index (κ3) is 3.83. The molecule has 110 valence electrons. The maximum Gasteiger partial charge on any atom is 0.0237 e. The van der Waals surface area contributed by atoms with Crippen molar-refractivity contribution in [1.29, 1.82) is 0 Å². The number of hydrogen-bond acceptors (Lipinski definition) is 2. The minimum atomic E-state index is 0.746. The number of aryl methyl sites for hydroxylation is 1. The van der Waals surface area contributed by atoms with E-state index in [1.807, 2.05) is 0 Å². The molecule has 1 atom stereocenters. The number of hydrogen-bond donors (Lipinski definition) is 1. The summed E-state index contributed by atoms with van der Waals surface area (Å²) < 4.78 is 0. The molecule has 0 amide bonds. The van der Waals surface area contributed by atoms with E-state index < -0.39 is 0 Å². The van der Waals surface area contributed by atoms with Crippen LogP contribution in [0.3, 0.4) is 0 Å². The molecule has 1 saturated heterocycles. The van der Waals surface area contributed by atoms with E-state index in [2.05, 4.69) is 41.4 Å². The highest BCUT2D eigenvalue weighted by atomic mass is 15.2. The molecule has 0 aromatic heterocycles. The molecule has 2 heteroatoms. The fourth-order valence-electron chi connectivity index (χ4n) is 3.20. The number of rotatable bonds is 6. The second-order valence-corrected chi connectivity index (χ2v) is 6.47. The molecule has 1 N–H and O–H groups in total. The van der Waals surface area contributed by atoms with Gasteiger partial charge in [0, 0.05) is 25.2 Å². The van der Waals surface area contributed by atoms with E-state index >= 15 is 0 Å². The Labute approximate surface area is 123 Å². The lowest BCUT2D eigenvalue weighted by Crippen LogP contribution is -2.45. The first-order valence-electron chi connectivity index (χ1n) is 8.40. The number of likely N-dealkylation sites (tertiary alicyclic amines) is 1. The lowest BCUT2D eigenvalue weighted by Gasteiger charge is -2.36. The Morgan fingerprint density at radius 3 is 2.50 bits per heavy atom. The van der Waals surface area contributed by atoms with Crippen LogP contribution in [0, 0.1) is 0 Å². The maximum atomic E-state index is 3.72. The lowest BCUT2D eigenvalue weighted by molar-refractivity contribution is 0.137. The second kappa shape index (κ2) is 6.73. The number of piperidine rings is 1. The van der Waals surface area contributed by atoms with Crippen LogP contribution in [0.2, 0.25) is 0 Å². The summed E-state index contributed by atoms with van der Waals surface area (Å²) >= 11 is 0. The van der Waals surface area contributed by atoms with Crippen LogP contribution in [0.25, 0.3) is 0 Å². The number of nitrogens with one attached hydrogen (secondary N) is 1. The van der Waals surface area contributed by atoms with Crippen molar-refractivity contribution in [2.75, 3.05) is 13.1 Å². The van der Waals surface area contributed by atoms with Gasteiger partial charge in [0.05, 0.1) is 0 Å². The summed E-state index contributed by atoms with van der Waals surface area (Å²) in [4.78, 5) is 2.69. The fourth-order valence-corrected chi connectivity index (χ4v) is 3.20. The average molecular weight is 272 g/mol. The van der Waals surface area contributed by atoms with E-state index in [1.165, 1.54) is 56.3 Å². The smallest absolute Gasteiger partial charge is 0.0237 e. The predicted molar refractivity (Wildman–Crippen MR) is 84.9 cm³/mol. The molecule has 2 aliphatic rings. The van der Waals surface area contributed by atoms with Gasteiger partial charge >= 0.3 is 0 Å². The third-order valence-electron chi connectivity index (χ3n) is 4.79. The summed E-state index contributed by atoms with van der Waals surface area (Å²) in [6.45, 7) is 5.81. The molecule has 0 radical (unpaired) electrons. The van der Waals surface area contributed by atoms with Gasteiger partial charge in [0.2, 0.25) is 0 Å². The highest BCUT2D eigenvalue weighted by Gasteiger charge is 2.26. The van der Waals surface area contributed by atoms with E-state index in [-0.39, 0.29) is 0 Å². The van der Waals surface area contributed by atoms with Gasteiger partial charge in [-0.15, -0.1) is 0 Å². The van der Waals surface area contributed by atoms with Gasteiger partial charge in [-0.3, -0.25) is 4.90 Å². The van der Waals surface area contributed by atoms with Gasteiger partial charge in [0.15, 0.2) is 0 Å². The Morgan fingerprint density at radius 1 is 1.05 bits per heavy atom. The van der Waals surface area contributed by atoms with Gasteiger partial charge in [-0.25, -0.2) is 0 Å². The summed E-state index contributed by atoms with van der Waals surface area (Å²) in [5, 5.41) is 3.72. The fraction of sp³-hybridized carbons (Fsp3) is 0.667. The molecular formula is C18H28N2. The van der Waals surface area contributed by atoms with Crippen molar-refractivity contribution in [3.05, 3.63) is 35.4 Å². The number of benzene rings is 1. The van der Waals surface area contributed by atoms with Crippen molar-refractivity contribution < 1.29 is 0 Å². The molecular weight excluding hydrogens is 244 g/mol. The van der Waals surface area contributed by atoms with E-state index in [1.54, 1.807) is 0 Å². The Morgan fingerprint density at radius 2 is 1.80 bits per heavy atom. The quantitative estimate of drug-likeness (QED) is 0.854. The summed E-state index contributed by atoms with van der Waals surface area (Å²) in [7, 11) is 0. The molecule has 3 rings (SSSR count). The second-order valence-electron chi connectivity index (χ2n) is 6.47. The first-order valence-corrected chi connectivity index (χ1v) is 8.40. The van der Waals surface area contributed by atoms with Crippen LogP contribution in [0.5, 0.6) is 0 Å². The van der Waals surface area contributed by atoms with Gasteiger partial charge in [-0.2, -0.15) is 0 Å². The Bertz CT molecular complexity index is 408. The SMILES string of the molecule is CCc1ccc(CN2CCCCC2CNC2CC2)cc1. The molecule has 1 unspecified atom stereocenters. The zero-order valence-corrected chi connectivity index (χ0v) is 12.8. The summed E-state index contributed by atoms with van der Waals surface area (Å²) in [6, 6.07) is 10.8. The molecule has 20 heavy (non-hydrogen) atoms.